The minimum atomic E-state index is -0.269. The Labute approximate surface area is 130 Å². The Hall–Kier alpha value is -1.07. The van der Waals surface area contributed by atoms with E-state index in [4.69, 9.17) is 11.6 Å². The number of piperidine rings is 1. The Morgan fingerprint density at radius 1 is 1.48 bits per heavy atom. The van der Waals surface area contributed by atoms with Crippen LogP contribution in [0.3, 0.4) is 0 Å². The lowest BCUT2D eigenvalue weighted by atomic mass is 9.97. The quantitative estimate of drug-likeness (QED) is 0.928. The van der Waals surface area contributed by atoms with Crippen LogP contribution in [0.5, 0.6) is 0 Å². The molecular formula is C15H23ClN4O. The van der Waals surface area contributed by atoms with E-state index in [1.807, 2.05) is 6.92 Å². The Bertz CT molecular complexity index is 504. The molecule has 3 unspecified atom stereocenters. The number of amides is 1. The van der Waals surface area contributed by atoms with Crippen molar-refractivity contribution in [1.82, 2.24) is 20.0 Å². The first-order chi connectivity index (χ1) is 10.1. The number of hydrogen-bond donors (Lipinski definition) is 1. The Kier molecular flexibility index (Phi) is 4.22. The molecule has 0 spiro atoms. The van der Waals surface area contributed by atoms with Gasteiger partial charge in [-0.3, -0.25) is 9.48 Å². The minimum absolute atomic E-state index is 0.0613. The minimum Gasteiger partial charge on any atom is -0.351 e. The smallest absolute Gasteiger partial charge is 0.245 e. The number of aromatic nitrogens is 2. The van der Waals surface area contributed by atoms with Crippen molar-refractivity contribution in [3.05, 3.63) is 17.4 Å². The number of rotatable bonds is 4. The maximum Gasteiger partial charge on any atom is 0.245 e. The molecule has 0 aliphatic carbocycles. The highest BCUT2D eigenvalue weighted by Gasteiger charge is 2.39. The number of carbonyl (C=O) groups excluding carboxylic acids is 1. The number of halogens is 1. The van der Waals surface area contributed by atoms with Crippen LogP contribution >= 0.6 is 11.6 Å². The van der Waals surface area contributed by atoms with Crippen LogP contribution in [0.15, 0.2) is 12.4 Å². The maximum atomic E-state index is 12.5. The fraction of sp³-hybridized carbons (Fsp3) is 0.733. The van der Waals surface area contributed by atoms with Crippen molar-refractivity contribution in [2.24, 2.45) is 0 Å². The standard InChI is InChI=1S/C15H23ClN4O/c1-3-14(20-9-10(16)8-17-20)15(21)18-11-6-12-4-5-13(7-11)19(12)2/h8-9,11-14H,3-7H2,1-2H3,(H,18,21). The summed E-state index contributed by atoms with van der Waals surface area (Å²) in [5.41, 5.74) is 0. The van der Waals surface area contributed by atoms with Crippen molar-refractivity contribution in [2.75, 3.05) is 7.05 Å². The Morgan fingerprint density at radius 3 is 2.67 bits per heavy atom. The molecule has 0 saturated carbocycles. The number of hydrogen-bond acceptors (Lipinski definition) is 3. The lowest BCUT2D eigenvalue weighted by Crippen LogP contribution is -2.50. The fourth-order valence-electron chi connectivity index (χ4n) is 3.80. The van der Waals surface area contributed by atoms with Gasteiger partial charge >= 0.3 is 0 Å². The summed E-state index contributed by atoms with van der Waals surface area (Å²) in [6.45, 7) is 2.00. The van der Waals surface area contributed by atoms with Gasteiger partial charge in [0, 0.05) is 24.3 Å². The van der Waals surface area contributed by atoms with Gasteiger partial charge < -0.3 is 10.2 Å². The van der Waals surface area contributed by atoms with Gasteiger partial charge in [-0.15, -0.1) is 0 Å². The van der Waals surface area contributed by atoms with Gasteiger partial charge in [0.2, 0.25) is 5.91 Å². The van der Waals surface area contributed by atoms with Crippen molar-refractivity contribution >= 4 is 17.5 Å². The zero-order chi connectivity index (χ0) is 15.0. The summed E-state index contributed by atoms with van der Waals surface area (Å²) >= 11 is 5.90. The van der Waals surface area contributed by atoms with Crippen LogP contribution < -0.4 is 5.32 Å². The van der Waals surface area contributed by atoms with Crippen molar-refractivity contribution in [2.45, 2.75) is 63.2 Å². The fourth-order valence-corrected chi connectivity index (χ4v) is 3.95. The van der Waals surface area contributed by atoms with E-state index in [2.05, 4.69) is 22.4 Å². The molecule has 5 nitrogen and oxygen atoms in total. The number of nitrogens with zero attached hydrogens (tertiary/aromatic N) is 3. The Balaban J connectivity index is 1.63. The van der Waals surface area contributed by atoms with E-state index in [-0.39, 0.29) is 11.9 Å². The van der Waals surface area contributed by atoms with Gasteiger partial charge in [-0.1, -0.05) is 18.5 Å². The third kappa shape index (κ3) is 2.94. The predicted octanol–water partition coefficient (Wildman–Crippen LogP) is 2.23. The topological polar surface area (TPSA) is 50.2 Å². The van der Waals surface area contributed by atoms with E-state index in [1.165, 1.54) is 12.8 Å². The van der Waals surface area contributed by atoms with Crippen LogP contribution in [0.2, 0.25) is 5.02 Å². The highest BCUT2D eigenvalue weighted by molar-refractivity contribution is 6.30. The zero-order valence-corrected chi connectivity index (χ0v) is 13.4. The van der Waals surface area contributed by atoms with E-state index in [0.717, 1.165) is 12.8 Å². The number of fused-ring (bicyclic) bond motifs is 2. The van der Waals surface area contributed by atoms with Crippen LogP contribution in [0, 0.1) is 0 Å². The molecule has 2 fully saturated rings. The second-order valence-electron chi connectivity index (χ2n) is 6.29. The molecular weight excluding hydrogens is 288 g/mol. The molecule has 1 N–H and O–H groups in total. The second kappa shape index (κ2) is 5.97. The highest BCUT2D eigenvalue weighted by Crippen LogP contribution is 2.34. The van der Waals surface area contributed by atoms with Crippen molar-refractivity contribution in [3.63, 3.8) is 0 Å². The summed E-state index contributed by atoms with van der Waals surface area (Å²) in [7, 11) is 2.21. The largest absolute Gasteiger partial charge is 0.351 e. The van der Waals surface area contributed by atoms with Crippen molar-refractivity contribution < 1.29 is 4.79 Å². The molecule has 21 heavy (non-hydrogen) atoms. The van der Waals surface area contributed by atoms with E-state index in [1.54, 1.807) is 17.1 Å². The van der Waals surface area contributed by atoms with Crippen LogP contribution in [-0.4, -0.2) is 45.8 Å². The molecule has 6 heteroatoms. The summed E-state index contributed by atoms with van der Waals surface area (Å²) in [5.74, 6) is 0.0613. The molecule has 0 radical (unpaired) electrons. The van der Waals surface area contributed by atoms with Gasteiger partial charge in [0.05, 0.1) is 11.2 Å². The summed E-state index contributed by atoms with van der Waals surface area (Å²) in [6.07, 6.45) is 8.66. The summed E-state index contributed by atoms with van der Waals surface area (Å²) in [6, 6.07) is 1.29. The van der Waals surface area contributed by atoms with Crippen LogP contribution in [0.1, 0.15) is 45.1 Å². The number of carbonyl (C=O) groups is 1. The first-order valence-corrected chi connectivity index (χ1v) is 8.18. The van der Waals surface area contributed by atoms with Gasteiger partial charge in [-0.25, -0.2) is 0 Å². The van der Waals surface area contributed by atoms with Gasteiger partial charge in [-0.2, -0.15) is 5.10 Å². The van der Waals surface area contributed by atoms with E-state index < -0.39 is 0 Å². The van der Waals surface area contributed by atoms with Gasteiger partial charge in [-0.05, 0) is 39.2 Å². The SMILES string of the molecule is CCC(C(=O)NC1CC2CCC(C1)N2C)n1cc(Cl)cn1. The lowest BCUT2D eigenvalue weighted by Gasteiger charge is -2.37. The molecule has 3 rings (SSSR count). The molecule has 1 aromatic rings. The molecule has 1 aromatic heterocycles. The van der Waals surface area contributed by atoms with Crippen LogP contribution in [0.25, 0.3) is 0 Å². The molecule has 116 valence electrons. The molecule has 2 aliphatic rings. The number of nitrogens with one attached hydrogen (secondary N) is 1. The second-order valence-corrected chi connectivity index (χ2v) is 6.73. The first kappa shape index (κ1) is 14.9. The summed E-state index contributed by atoms with van der Waals surface area (Å²) in [4.78, 5) is 15.0. The lowest BCUT2D eigenvalue weighted by molar-refractivity contribution is -0.125. The zero-order valence-electron chi connectivity index (χ0n) is 12.6. The van der Waals surface area contributed by atoms with Crippen molar-refractivity contribution in [3.8, 4) is 0 Å². The third-order valence-corrected chi connectivity index (χ3v) is 5.22. The summed E-state index contributed by atoms with van der Waals surface area (Å²) in [5, 5.41) is 7.97. The van der Waals surface area contributed by atoms with Gasteiger partial charge in [0.25, 0.3) is 0 Å². The Morgan fingerprint density at radius 2 is 2.14 bits per heavy atom. The van der Waals surface area contributed by atoms with Gasteiger partial charge in [0.15, 0.2) is 0 Å². The first-order valence-electron chi connectivity index (χ1n) is 7.80. The third-order valence-electron chi connectivity index (χ3n) is 5.02. The summed E-state index contributed by atoms with van der Waals surface area (Å²) < 4.78 is 1.67. The van der Waals surface area contributed by atoms with E-state index in [9.17, 15) is 4.79 Å². The van der Waals surface area contributed by atoms with Crippen molar-refractivity contribution in [1.29, 1.82) is 0 Å². The average Bonchev–Trinajstić information content (AvgIpc) is 2.93. The monoisotopic (exact) mass is 310 g/mol. The van der Waals surface area contributed by atoms with Gasteiger partial charge in [0.1, 0.15) is 6.04 Å². The molecule has 0 aromatic carbocycles. The highest BCUT2D eigenvalue weighted by atomic mass is 35.5. The maximum absolute atomic E-state index is 12.5. The average molecular weight is 311 g/mol. The van der Waals surface area contributed by atoms with E-state index >= 15 is 0 Å². The van der Waals surface area contributed by atoms with Crippen LogP contribution in [0.4, 0.5) is 0 Å². The van der Waals surface area contributed by atoms with Crippen LogP contribution in [-0.2, 0) is 4.79 Å². The molecule has 3 heterocycles. The molecule has 3 atom stereocenters. The molecule has 2 bridgehead atoms. The molecule has 1 amide bonds. The molecule has 2 saturated heterocycles. The van der Waals surface area contributed by atoms with E-state index in [0.29, 0.717) is 29.6 Å². The predicted molar refractivity (Wildman–Crippen MR) is 82.3 cm³/mol. The molecule has 2 aliphatic heterocycles. The normalized spacial score (nSPS) is 30.3.